The highest BCUT2D eigenvalue weighted by Crippen LogP contribution is 2.45. The fourth-order valence-electron chi connectivity index (χ4n) is 1.41. The van der Waals surface area contributed by atoms with Gasteiger partial charge in [-0.2, -0.15) is 0 Å². The smallest absolute Gasteiger partial charge is 0.142 e. The summed E-state index contributed by atoms with van der Waals surface area (Å²) in [7, 11) is 0. The summed E-state index contributed by atoms with van der Waals surface area (Å²) < 4.78 is 5.73. The number of hydrogen-bond acceptors (Lipinski definition) is 2. The van der Waals surface area contributed by atoms with E-state index in [2.05, 4.69) is 12.1 Å². The molecule has 0 amide bonds. The minimum absolute atomic E-state index is 0.899. The first-order valence-corrected chi connectivity index (χ1v) is 5.20. The zero-order valence-electron chi connectivity index (χ0n) is 7.36. The molecule has 0 saturated heterocycles. The molecule has 0 fully saturated rings. The Morgan fingerprint density at radius 3 is 2.86 bits per heavy atom. The maximum absolute atomic E-state index is 5.73. The summed E-state index contributed by atoms with van der Waals surface area (Å²) in [6.45, 7) is 0. The average molecular weight is 199 g/mol. The van der Waals surface area contributed by atoms with Crippen molar-refractivity contribution >= 4 is 11.8 Å². The van der Waals surface area contributed by atoms with Crippen LogP contribution in [-0.2, 0) is 0 Å². The highest BCUT2D eigenvalue weighted by Gasteiger charge is 2.15. The molecule has 0 atom stereocenters. The molecule has 3 rings (SSSR count). The predicted molar refractivity (Wildman–Crippen MR) is 55.9 cm³/mol. The molecule has 1 nitrogen and oxygen atoms in total. The van der Waals surface area contributed by atoms with Crippen molar-refractivity contribution in [3.8, 4) is 11.5 Å². The van der Waals surface area contributed by atoms with Crippen LogP contribution in [0.1, 0.15) is 0 Å². The van der Waals surface area contributed by atoms with Crippen LogP contribution in [0.3, 0.4) is 0 Å². The Hall–Kier alpha value is -1.41. The number of rotatable bonds is 0. The predicted octanol–water partition coefficient (Wildman–Crippen LogP) is 3.74. The lowest BCUT2D eigenvalue weighted by molar-refractivity contribution is 0.454. The van der Waals surface area contributed by atoms with E-state index in [0.717, 1.165) is 21.3 Å². The van der Waals surface area contributed by atoms with E-state index in [1.165, 1.54) is 0 Å². The Labute approximate surface area is 86.7 Å². The van der Waals surface area contributed by atoms with Crippen molar-refractivity contribution in [1.29, 1.82) is 0 Å². The summed E-state index contributed by atoms with van der Waals surface area (Å²) in [6.07, 6.45) is 0. The first-order valence-electron chi connectivity index (χ1n) is 4.39. The van der Waals surface area contributed by atoms with Gasteiger partial charge in [0.25, 0.3) is 0 Å². The molecule has 14 heavy (non-hydrogen) atoms. The standard InChI is InChI=1S/C12H7OS/c1-3-7-11-9(5-1)13-10-6-2-4-8-12(10)14-11/h1-7H. The maximum atomic E-state index is 5.73. The number of ether oxygens (including phenoxy) is 1. The van der Waals surface area contributed by atoms with E-state index in [1.807, 2.05) is 36.4 Å². The van der Waals surface area contributed by atoms with Gasteiger partial charge in [-0.05, 0) is 18.2 Å². The molecule has 1 aliphatic heterocycles. The van der Waals surface area contributed by atoms with Crippen molar-refractivity contribution in [2.75, 3.05) is 0 Å². The van der Waals surface area contributed by atoms with Crippen LogP contribution in [0.25, 0.3) is 0 Å². The van der Waals surface area contributed by atoms with Crippen LogP contribution < -0.4 is 4.74 Å². The zero-order valence-corrected chi connectivity index (χ0v) is 8.17. The number of fused-ring (bicyclic) bond motifs is 2. The molecular formula is C12H7OS. The molecule has 0 spiro atoms. The molecule has 67 valence electrons. The summed E-state index contributed by atoms with van der Waals surface area (Å²) in [6, 6.07) is 17.0. The van der Waals surface area contributed by atoms with E-state index in [4.69, 9.17) is 4.74 Å². The molecular weight excluding hydrogens is 192 g/mol. The third kappa shape index (κ3) is 1.19. The van der Waals surface area contributed by atoms with Gasteiger partial charge in [0.2, 0.25) is 0 Å². The first-order chi connectivity index (χ1) is 6.93. The van der Waals surface area contributed by atoms with Crippen LogP contribution >= 0.6 is 11.8 Å². The molecule has 2 heteroatoms. The second-order valence-electron chi connectivity index (χ2n) is 3.01. The molecule has 1 radical (unpaired) electrons. The van der Waals surface area contributed by atoms with E-state index in [-0.39, 0.29) is 0 Å². The number of hydrogen-bond donors (Lipinski definition) is 0. The summed E-state index contributed by atoms with van der Waals surface area (Å²) in [5, 5.41) is 0. The van der Waals surface area contributed by atoms with Crippen LogP contribution in [0.2, 0.25) is 0 Å². The van der Waals surface area contributed by atoms with Gasteiger partial charge in [0.15, 0.2) is 0 Å². The van der Waals surface area contributed by atoms with Gasteiger partial charge in [0.1, 0.15) is 11.5 Å². The average Bonchev–Trinajstić information content (AvgIpc) is 2.26. The molecule has 0 bridgehead atoms. The van der Waals surface area contributed by atoms with Gasteiger partial charge in [-0.25, -0.2) is 0 Å². The van der Waals surface area contributed by atoms with Crippen LogP contribution in [0.15, 0.2) is 52.3 Å². The molecule has 0 aromatic heterocycles. The van der Waals surface area contributed by atoms with Gasteiger partial charge in [0.05, 0.1) is 9.79 Å². The zero-order chi connectivity index (χ0) is 9.38. The molecule has 0 aliphatic carbocycles. The Morgan fingerprint density at radius 1 is 1.00 bits per heavy atom. The summed E-state index contributed by atoms with van der Waals surface area (Å²) in [5.41, 5.74) is 0. The van der Waals surface area contributed by atoms with Crippen molar-refractivity contribution in [3.05, 3.63) is 48.5 Å². The maximum Gasteiger partial charge on any atom is 0.142 e. The SMILES string of the molecule is [c]1cccc2c1Sc1ccccc1O2. The lowest BCUT2D eigenvalue weighted by Gasteiger charge is -2.18. The largest absolute Gasteiger partial charge is 0.455 e. The summed E-state index contributed by atoms with van der Waals surface area (Å²) in [5.74, 6) is 1.83. The lowest BCUT2D eigenvalue weighted by Crippen LogP contribution is -1.93. The quantitative estimate of drug-likeness (QED) is 0.545. The first kappa shape index (κ1) is 7.94. The normalized spacial score (nSPS) is 12.6. The van der Waals surface area contributed by atoms with E-state index >= 15 is 0 Å². The van der Waals surface area contributed by atoms with Crippen LogP contribution in [0, 0.1) is 6.07 Å². The van der Waals surface area contributed by atoms with Crippen molar-refractivity contribution in [2.24, 2.45) is 0 Å². The Balaban J connectivity index is 2.12. The summed E-state index contributed by atoms with van der Waals surface area (Å²) in [4.78, 5) is 2.22. The van der Waals surface area contributed by atoms with Gasteiger partial charge in [-0.3, -0.25) is 0 Å². The molecule has 2 aromatic carbocycles. The van der Waals surface area contributed by atoms with Gasteiger partial charge in [-0.15, -0.1) is 0 Å². The molecule has 2 aromatic rings. The Bertz CT molecular complexity index is 392. The van der Waals surface area contributed by atoms with Crippen molar-refractivity contribution in [2.45, 2.75) is 9.79 Å². The second kappa shape index (κ2) is 3.07. The fraction of sp³-hybridized carbons (Fsp3) is 0. The van der Waals surface area contributed by atoms with E-state index in [0.29, 0.717) is 0 Å². The van der Waals surface area contributed by atoms with Crippen molar-refractivity contribution in [1.82, 2.24) is 0 Å². The number of benzene rings is 2. The third-order valence-corrected chi connectivity index (χ3v) is 3.14. The minimum atomic E-state index is 0.899. The molecule has 1 heterocycles. The molecule has 0 unspecified atom stereocenters. The monoisotopic (exact) mass is 199 g/mol. The third-order valence-electron chi connectivity index (χ3n) is 2.06. The second-order valence-corrected chi connectivity index (χ2v) is 4.07. The minimum Gasteiger partial charge on any atom is -0.455 e. The van der Waals surface area contributed by atoms with Gasteiger partial charge < -0.3 is 4.74 Å². The van der Waals surface area contributed by atoms with Gasteiger partial charge in [0, 0.05) is 6.07 Å². The van der Waals surface area contributed by atoms with Crippen LogP contribution in [-0.4, -0.2) is 0 Å². The van der Waals surface area contributed by atoms with Gasteiger partial charge >= 0.3 is 0 Å². The molecule has 1 aliphatic rings. The summed E-state index contributed by atoms with van der Waals surface area (Å²) >= 11 is 1.70. The molecule has 0 N–H and O–H groups in total. The number of para-hydroxylation sites is 1. The molecule has 0 saturated carbocycles. The van der Waals surface area contributed by atoms with Gasteiger partial charge in [-0.1, -0.05) is 36.0 Å². The van der Waals surface area contributed by atoms with Crippen LogP contribution in [0.4, 0.5) is 0 Å². The van der Waals surface area contributed by atoms with Crippen molar-refractivity contribution in [3.63, 3.8) is 0 Å². The van der Waals surface area contributed by atoms with Crippen molar-refractivity contribution < 1.29 is 4.74 Å². The van der Waals surface area contributed by atoms with E-state index in [1.54, 1.807) is 11.8 Å². The van der Waals surface area contributed by atoms with E-state index in [9.17, 15) is 0 Å². The topological polar surface area (TPSA) is 9.23 Å². The Morgan fingerprint density at radius 2 is 1.86 bits per heavy atom. The van der Waals surface area contributed by atoms with E-state index < -0.39 is 0 Å². The van der Waals surface area contributed by atoms with Crippen LogP contribution in [0.5, 0.6) is 11.5 Å². The highest BCUT2D eigenvalue weighted by molar-refractivity contribution is 7.99. The Kier molecular flexibility index (Phi) is 1.74. The lowest BCUT2D eigenvalue weighted by atomic mass is 10.3. The highest BCUT2D eigenvalue weighted by atomic mass is 32.2. The fourth-order valence-corrected chi connectivity index (χ4v) is 2.33.